The maximum Gasteiger partial charge on any atom is 0.254 e. The molecule has 0 radical (unpaired) electrons. The highest BCUT2D eigenvalue weighted by Gasteiger charge is 2.18. The van der Waals surface area contributed by atoms with E-state index in [4.69, 9.17) is 14.2 Å². The molecule has 1 aliphatic carbocycles. The Kier molecular flexibility index (Phi) is 6.03. The Labute approximate surface area is 171 Å². The smallest absolute Gasteiger partial charge is 0.254 e. The van der Waals surface area contributed by atoms with Crippen molar-refractivity contribution in [1.29, 1.82) is 0 Å². The van der Waals surface area contributed by atoms with Crippen molar-refractivity contribution in [2.75, 3.05) is 26.4 Å². The Bertz CT molecular complexity index is 957. The molecule has 29 heavy (non-hydrogen) atoms. The summed E-state index contributed by atoms with van der Waals surface area (Å²) in [5.41, 5.74) is 2.88. The van der Waals surface area contributed by atoms with Gasteiger partial charge in [0.2, 0.25) is 0 Å². The van der Waals surface area contributed by atoms with Gasteiger partial charge in [0.05, 0.1) is 25.9 Å². The van der Waals surface area contributed by atoms with Crippen molar-refractivity contribution in [3.8, 4) is 17.6 Å². The summed E-state index contributed by atoms with van der Waals surface area (Å²) >= 11 is 0. The van der Waals surface area contributed by atoms with Crippen LogP contribution in [0.2, 0.25) is 0 Å². The van der Waals surface area contributed by atoms with Gasteiger partial charge in [-0.15, -0.1) is 0 Å². The second-order valence-electron chi connectivity index (χ2n) is 7.76. The molecule has 0 N–H and O–H groups in total. The van der Waals surface area contributed by atoms with Crippen LogP contribution < -0.4 is 10.3 Å². The van der Waals surface area contributed by atoms with E-state index in [1.54, 1.807) is 10.6 Å². The van der Waals surface area contributed by atoms with E-state index in [-0.39, 0.29) is 17.7 Å². The lowest BCUT2D eigenvalue weighted by Gasteiger charge is -2.23. The predicted octanol–water partition coefficient (Wildman–Crippen LogP) is 3.32. The lowest BCUT2D eigenvalue weighted by Crippen LogP contribution is -2.33. The number of nitrogens with zero attached hydrogens (tertiary/aromatic N) is 1. The SMILES string of the molecule is Cc1cc(OC[C@H]2COCCO2)cc(=O)n1[C@@H](C)c1ccc(C#CC2CC2)cc1. The molecule has 2 atom stereocenters. The van der Waals surface area contributed by atoms with Crippen molar-refractivity contribution in [3.63, 3.8) is 0 Å². The van der Waals surface area contributed by atoms with E-state index in [0.29, 0.717) is 38.1 Å². The first-order valence-corrected chi connectivity index (χ1v) is 10.3. The first kappa shape index (κ1) is 19.8. The summed E-state index contributed by atoms with van der Waals surface area (Å²) in [6, 6.07) is 11.5. The Morgan fingerprint density at radius 3 is 2.66 bits per heavy atom. The highest BCUT2D eigenvalue weighted by Crippen LogP contribution is 2.27. The van der Waals surface area contributed by atoms with Gasteiger partial charge in [0.25, 0.3) is 5.56 Å². The third-order valence-electron chi connectivity index (χ3n) is 5.33. The van der Waals surface area contributed by atoms with Gasteiger partial charge < -0.3 is 18.8 Å². The molecule has 2 fully saturated rings. The molecule has 1 saturated carbocycles. The number of aryl methyl sites for hydroxylation is 1. The van der Waals surface area contributed by atoms with Gasteiger partial charge in [-0.3, -0.25) is 4.79 Å². The lowest BCUT2D eigenvalue weighted by atomic mass is 10.1. The van der Waals surface area contributed by atoms with Gasteiger partial charge in [0.15, 0.2) is 0 Å². The van der Waals surface area contributed by atoms with Gasteiger partial charge in [0, 0.05) is 23.2 Å². The van der Waals surface area contributed by atoms with Crippen LogP contribution in [0.15, 0.2) is 41.2 Å². The highest BCUT2D eigenvalue weighted by molar-refractivity contribution is 5.38. The summed E-state index contributed by atoms with van der Waals surface area (Å²) in [6.07, 6.45) is 2.36. The van der Waals surface area contributed by atoms with Gasteiger partial charge in [-0.25, -0.2) is 0 Å². The van der Waals surface area contributed by atoms with Crippen molar-refractivity contribution in [2.24, 2.45) is 5.92 Å². The van der Waals surface area contributed by atoms with Crippen LogP contribution in [0.5, 0.6) is 5.75 Å². The molecule has 5 nitrogen and oxygen atoms in total. The van der Waals surface area contributed by atoms with Crippen molar-refractivity contribution < 1.29 is 14.2 Å². The summed E-state index contributed by atoms with van der Waals surface area (Å²) in [5, 5.41) is 0. The van der Waals surface area contributed by atoms with Crippen LogP contribution in [0, 0.1) is 24.7 Å². The molecule has 1 aliphatic heterocycles. The molecule has 0 amide bonds. The van der Waals surface area contributed by atoms with Crippen LogP contribution in [-0.2, 0) is 9.47 Å². The van der Waals surface area contributed by atoms with E-state index in [2.05, 4.69) is 24.0 Å². The van der Waals surface area contributed by atoms with Gasteiger partial charge in [-0.2, -0.15) is 0 Å². The molecule has 0 spiro atoms. The van der Waals surface area contributed by atoms with Gasteiger partial charge >= 0.3 is 0 Å². The average Bonchev–Trinajstić information content (AvgIpc) is 3.56. The Hall–Kier alpha value is -2.55. The molecule has 2 heterocycles. The first-order chi connectivity index (χ1) is 14.1. The third-order valence-corrected chi connectivity index (χ3v) is 5.33. The number of ether oxygens (including phenoxy) is 3. The largest absolute Gasteiger partial charge is 0.491 e. The second kappa shape index (κ2) is 8.86. The minimum Gasteiger partial charge on any atom is -0.491 e. The Balaban J connectivity index is 1.45. The molecular weight excluding hydrogens is 366 g/mol. The van der Waals surface area contributed by atoms with Gasteiger partial charge in [-0.05, 0) is 50.5 Å². The maximum atomic E-state index is 12.8. The van der Waals surface area contributed by atoms with E-state index >= 15 is 0 Å². The summed E-state index contributed by atoms with van der Waals surface area (Å²) < 4.78 is 18.5. The van der Waals surface area contributed by atoms with E-state index in [1.165, 1.54) is 12.8 Å². The average molecular weight is 393 g/mol. The molecule has 2 aromatic rings. The lowest BCUT2D eigenvalue weighted by molar-refractivity contribution is -0.101. The minimum atomic E-state index is -0.0908. The second-order valence-corrected chi connectivity index (χ2v) is 7.76. The summed E-state index contributed by atoms with van der Waals surface area (Å²) in [7, 11) is 0. The number of pyridine rings is 1. The van der Waals surface area contributed by atoms with Crippen LogP contribution >= 0.6 is 0 Å². The maximum absolute atomic E-state index is 12.8. The molecule has 1 saturated heterocycles. The van der Waals surface area contributed by atoms with Crippen LogP contribution in [0.4, 0.5) is 0 Å². The molecule has 1 aromatic heterocycles. The fourth-order valence-electron chi connectivity index (χ4n) is 3.49. The molecule has 1 aromatic carbocycles. The standard InChI is InChI=1S/C24H27NO4/c1-17-13-22(29-16-23-15-27-11-12-28-23)14-24(26)25(17)18(2)21-9-7-20(8-10-21)6-5-19-3-4-19/h7-10,13-14,18-19,23H,3-4,11-12,15-16H2,1-2H3/t18-,23+/m0/s1. The van der Waals surface area contributed by atoms with Crippen molar-refractivity contribution in [3.05, 3.63) is 63.6 Å². The van der Waals surface area contributed by atoms with Crippen molar-refractivity contribution >= 4 is 0 Å². The monoisotopic (exact) mass is 393 g/mol. The molecule has 0 unspecified atom stereocenters. The van der Waals surface area contributed by atoms with Gasteiger partial charge in [-0.1, -0.05) is 24.0 Å². The summed E-state index contributed by atoms with van der Waals surface area (Å²) in [5.74, 6) is 7.66. The Morgan fingerprint density at radius 1 is 1.21 bits per heavy atom. The summed E-state index contributed by atoms with van der Waals surface area (Å²) in [6.45, 7) is 6.07. The van der Waals surface area contributed by atoms with Crippen molar-refractivity contribution in [2.45, 2.75) is 38.8 Å². The number of rotatable bonds is 5. The van der Waals surface area contributed by atoms with Crippen LogP contribution in [0.1, 0.15) is 42.6 Å². The minimum absolute atomic E-state index is 0.0722. The third kappa shape index (κ3) is 5.09. The quantitative estimate of drug-likeness (QED) is 0.732. The van der Waals surface area contributed by atoms with Crippen LogP contribution in [0.3, 0.4) is 0 Å². The molecule has 2 aliphatic rings. The number of aromatic nitrogens is 1. The van der Waals surface area contributed by atoms with Gasteiger partial charge in [0.1, 0.15) is 18.5 Å². The molecule has 5 heteroatoms. The molecule has 4 rings (SSSR count). The number of hydrogen-bond acceptors (Lipinski definition) is 4. The van der Waals surface area contributed by atoms with Crippen LogP contribution in [-0.4, -0.2) is 37.1 Å². The fraction of sp³-hybridized carbons (Fsp3) is 0.458. The molecule has 0 bridgehead atoms. The number of hydrogen-bond donors (Lipinski definition) is 0. The summed E-state index contributed by atoms with van der Waals surface area (Å²) in [4.78, 5) is 12.8. The van der Waals surface area contributed by atoms with E-state index in [1.807, 2.05) is 32.0 Å². The van der Waals surface area contributed by atoms with Crippen LogP contribution in [0.25, 0.3) is 0 Å². The highest BCUT2D eigenvalue weighted by atomic mass is 16.6. The zero-order valence-electron chi connectivity index (χ0n) is 17.0. The van der Waals surface area contributed by atoms with E-state index in [0.717, 1.165) is 16.8 Å². The predicted molar refractivity (Wildman–Crippen MR) is 111 cm³/mol. The topological polar surface area (TPSA) is 49.7 Å². The molecule has 152 valence electrons. The number of benzene rings is 1. The Morgan fingerprint density at radius 2 is 2.00 bits per heavy atom. The van der Waals surface area contributed by atoms with Crippen molar-refractivity contribution in [1.82, 2.24) is 4.57 Å². The van der Waals surface area contributed by atoms with E-state index in [9.17, 15) is 4.79 Å². The normalized spacial score (nSPS) is 19.9. The first-order valence-electron chi connectivity index (χ1n) is 10.3. The zero-order chi connectivity index (χ0) is 20.2. The van der Waals surface area contributed by atoms with E-state index < -0.39 is 0 Å². The fourth-order valence-corrected chi connectivity index (χ4v) is 3.49. The molecular formula is C24H27NO4. The zero-order valence-corrected chi connectivity index (χ0v) is 17.0.